The maximum atomic E-state index is 12.7. The largest absolute Gasteiger partial charge is 0.341 e. The number of carbonyl (C=O) groups excluding carboxylic acids is 1. The molecule has 1 N–H and O–H groups in total. The molecule has 0 unspecified atom stereocenters. The first-order valence-electron chi connectivity index (χ1n) is 8.35. The lowest BCUT2D eigenvalue weighted by Crippen LogP contribution is -2.47. The molecule has 0 saturated carbocycles. The van der Waals surface area contributed by atoms with Gasteiger partial charge in [0.25, 0.3) is 5.91 Å². The fraction of sp³-hybridized carbons (Fsp3) is 0.444. The van der Waals surface area contributed by atoms with Crippen molar-refractivity contribution >= 4 is 5.91 Å². The quantitative estimate of drug-likeness (QED) is 0.945. The summed E-state index contributed by atoms with van der Waals surface area (Å²) in [6.07, 6.45) is 5.53. The van der Waals surface area contributed by atoms with Gasteiger partial charge in [-0.2, -0.15) is 0 Å². The van der Waals surface area contributed by atoms with Crippen LogP contribution in [0.2, 0.25) is 0 Å². The van der Waals surface area contributed by atoms with Crippen molar-refractivity contribution in [1.82, 2.24) is 19.8 Å². The highest BCUT2D eigenvalue weighted by atomic mass is 16.2. The van der Waals surface area contributed by atoms with Crippen molar-refractivity contribution in [3.8, 4) is 0 Å². The van der Waals surface area contributed by atoms with Crippen LogP contribution in [-0.2, 0) is 6.54 Å². The third-order valence-electron chi connectivity index (χ3n) is 5.03. The monoisotopic (exact) mass is 310 g/mol. The van der Waals surface area contributed by atoms with E-state index in [0.717, 1.165) is 32.6 Å². The van der Waals surface area contributed by atoms with Crippen molar-refractivity contribution in [2.24, 2.45) is 5.92 Å². The zero-order chi connectivity index (χ0) is 15.6. The molecule has 2 atom stereocenters. The Morgan fingerprint density at radius 3 is 2.83 bits per heavy atom. The average Bonchev–Trinajstić information content (AvgIpc) is 2.98. The van der Waals surface area contributed by atoms with Gasteiger partial charge < -0.3 is 9.88 Å². The number of carbonyl (C=O) groups is 1. The topological polar surface area (TPSA) is 52.2 Å². The number of piperidine rings is 1. The lowest BCUT2D eigenvalue weighted by atomic mass is 9.95. The number of imidazole rings is 1. The molecule has 0 radical (unpaired) electrons. The molecular weight excluding hydrogens is 288 g/mol. The van der Waals surface area contributed by atoms with Gasteiger partial charge in [-0.15, -0.1) is 0 Å². The SMILES string of the molecule is O=C(c1cnc[nH]1)N1C[C@@H]2CC[C@H]1CN(Cc1ccccc1)C2. The zero-order valence-electron chi connectivity index (χ0n) is 13.2. The molecule has 5 rings (SSSR count). The normalized spacial score (nSPS) is 24.6. The van der Waals surface area contributed by atoms with E-state index in [4.69, 9.17) is 0 Å². The Bertz CT molecular complexity index is 655. The minimum atomic E-state index is 0.0961. The maximum Gasteiger partial charge on any atom is 0.272 e. The van der Waals surface area contributed by atoms with Crippen LogP contribution >= 0.6 is 0 Å². The second-order valence-corrected chi connectivity index (χ2v) is 6.70. The molecule has 1 amide bonds. The van der Waals surface area contributed by atoms with Crippen LogP contribution in [0.1, 0.15) is 28.9 Å². The van der Waals surface area contributed by atoms with E-state index in [0.29, 0.717) is 17.7 Å². The molecule has 1 aromatic heterocycles. The molecule has 5 heteroatoms. The van der Waals surface area contributed by atoms with Crippen molar-refractivity contribution in [2.45, 2.75) is 25.4 Å². The van der Waals surface area contributed by atoms with Crippen molar-refractivity contribution in [3.05, 3.63) is 54.1 Å². The van der Waals surface area contributed by atoms with E-state index >= 15 is 0 Å². The van der Waals surface area contributed by atoms with Crippen LogP contribution in [0.25, 0.3) is 0 Å². The Labute approximate surface area is 136 Å². The van der Waals surface area contributed by atoms with E-state index in [9.17, 15) is 4.79 Å². The summed E-state index contributed by atoms with van der Waals surface area (Å²) < 4.78 is 0. The summed E-state index contributed by atoms with van der Waals surface area (Å²) in [4.78, 5) is 24.2. The number of rotatable bonds is 3. The summed E-state index contributed by atoms with van der Waals surface area (Å²) in [7, 11) is 0. The number of amides is 1. The number of fused-ring (bicyclic) bond motifs is 4. The van der Waals surface area contributed by atoms with Gasteiger partial charge in [0.1, 0.15) is 5.69 Å². The van der Waals surface area contributed by atoms with Gasteiger partial charge in [-0.25, -0.2) is 4.98 Å². The number of hydrogen-bond acceptors (Lipinski definition) is 3. The number of nitrogens with zero attached hydrogens (tertiary/aromatic N) is 3. The highest BCUT2D eigenvalue weighted by molar-refractivity contribution is 5.92. The van der Waals surface area contributed by atoms with E-state index < -0.39 is 0 Å². The molecule has 1 aromatic carbocycles. The first-order chi connectivity index (χ1) is 11.3. The predicted octanol–water partition coefficient (Wildman–Crippen LogP) is 2.15. The number of H-pyrrole nitrogens is 1. The van der Waals surface area contributed by atoms with Gasteiger partial charge in [0.2, 0.25) is 0 Å². The molecule has 3 saturated heterocycles. The van der Waals surface area contributed by atoms with E-state index in [1.807, 2.05) is 0 Å². The summed E-state index contributed by atoms with van der Waals surface area (Å²) in [6, 6.07) is 10.9. The zero-order valence-corrected chi connectivity index (χ0v) is 13.2. The highest BCUT2D eigenvalue weighted by Gasteiger charge is 2.37. The minimum Gasteiger partial charge on any atom is -0.341 e. The molecule has 4 heterocycles. The maximum absolute atomic E-state index is 12.7. The summed E-state index contributed by atoms with van der Waals surface area (Å²) in [5.74, 6) is 0.670. The predicted molar refractivity (Wildman–Crippen MR) is 87.9 cm³/mol. The molecule has 2 aromatic rings. The lowest BCUT2D eigenvalue weighted by molar-refractivity contribution is 0.0579. The second kappa shape index (κ2) is 6.16. The first kappa shape index (κ1) is 14.5. The van der Waals surface area contributed by atoms with Gasteiger partial charge in [0, 0.05) is 32.2 Å². The van der Waals surface area contributed by atoms with Gasteiger partial charge in [-0.3, -0.25) is 9.69 Å². The Morgan fingerprint density at radius 2 is 2.04 bits per heavy atom. The van der Waals surface area contributed by atoms with Gasteiger partial charge in [-0.1, -0.05) is 30.3 Å². The third kappa shape index (κ3) is 3.01. The molecule has 5 nitrogen and oxygen atoms in total. The van der Waals surface area contributed by atoms with E-state index in [-0.39, 0.29) is 5.91 Å². The third-order valence-corrected chi connectivity index (χ3v) is 5.03. The number of benzene rings is 1. The van der Waals surface area contributed by atoms with Crippen molar-refractivity contribution < 1.29 is 4.79 Å². The van der Waals surface area contributed by atoms with Gasteiger partial charge >= 0.3 is 0 Å². The van der Waals surface area contributed by atoms with Crippen molar-refractivity contribution in [3.63, 3.8) is 0 Å². The van der Waals surface area contributed by atoms with Crippen molar-refractivity contribution in [1.29, 1.82) is 0 Å². The Morgan fingerprint density at radius 1 is 1.17 bits per heavy atom. The summed E-state index contributed by atoms with van der Waals surface area (Å²) in [5, 5.41) is 0. The molecule has 120 valence electrons. The fourth-order valence-corrected chi connectivity index (χ4v) is 3.93. The van der Waals surface area contributed by atoms with Crippen LogP contribution in [0, 0.1) is 5.92 Å². The highest BCUT2D eigenvalue weighted by Crippen LogP contribution is 2.29. The fourth-order valence-electron chi connectivity index (χ4n) is 3.93. The van der Waals surface area contributed by atoms with Crippen LogP contribution < -0.4 is 0 Å². The van der Waals surface area contributed by atoms with E-state index in [1.165, 1.54) is 12.0 Å². The molecule has 2 bridgehead atoms. The van der Waals surface area contributed by atoms with Crippen LogP contribution in [0.3, 0.4) is 0 Å². The van der Waals surface area contributed by atoms with Gasteiger partial charge in [0.05, 0.1) is 12.5 Å². The summed E-state index contributed by atoms with van der Waals surface area (Å²) >= 11 is 0. The lowest BCUT2D eigenvalue weighted by Gasteiger charge is -2.35. The van der Waals surface area contributed by atoms with E-state index in [2.05, 4.69) is 50.1 Å². The number of hydrogen-bond donors (Lipinski definition) is 1. The van der Waals surface area contributed by atoms with Gasteiger partial charge in [-0.05, 0) is 24.3 Å². The molecule has 0 aliphatic carbocycles. The minimum absolute atomic E-state index is 0.0961. The Balaban J connectivity index is 1.49. The average molecular weight is 310 g/mol. The molecule has 3 fully saturated rings. The second-order valence-electron chi connectivity index (χ2n) is 6.70. The number of nitrogens with one attached hydrogen (secondary N) is 1. The van der Waals surface area contributed by atoms with Crippen LogP contribution in [-0.4, -0.2) is 51.4 Å². The number of aromatic nitrogens is 2. The smallest absolute Gasteiger partial charge is 0.272 e. The standard InChI is InChI=1S/C18H22N4O/c23-18(17-8-19-13-20-17)22-11-15-6-7-16(22)12-21(10-15)9-14-4-2-1-3-5-14/h1-5,8,13,15-16H,6-7,9-12H2,(H,19,20)/t15-,16+/m1/s1. The molecule has 3 aliphatic heterocycles. The van der Waals surface area contributed by atoms with Crippen LogP contribution in [0.15, 0.2) is 42.9 Å². The van der Waals surface area contributed by atoms with Gasteiger partial charge in [0.15, 0.2) is 0 Å². The van der Waals surface area contributed by atoms with Crippen LogP contribution in [0.5, 0.6) is 0 Å². The van der Waals surface area contributed by atoms with Crippen molar-refractivity contribution in [2.75, 3.05) is 19.6 Å². The molecule has 0 spiro atoms. The molecular formula is C18H22N4O. The Kier molecular flexibility index (Phi) is 3.87. The first-order valence-corrected chi connectivity index (χ1v) is 8.35. The van der Waals surface area contributed by atoms with E-state index in [1.54, 1.807) is 12.5 Å². The number of aromatic amines is 1. The Hall–Kier alpha value is -2.14. The molecule has 23 heavy (non-hydrogen) atoms. The van der Waals surface area contributed by atoms with Crippen LogP contribution in [0.4, 0.5) is 0 Å². The summed E-state index contributed by atoms with van der Waals surface area (Å²) in [5.41, 5.74) is 1.95. The molecule has 3 aliphatic rings. The summed E-state index contributed by atoms with van der Waals surface area (Å²) in [6.45, 7) is 3.89.